The van der Waals surface area contributed by atoms with Gasteiger partial charge in [0, 0.05) is 0 Å². The molecule has 0 unspecified atom stereocenters. The minimum Gasteiger partial charge on any atom is -0.493 e. The van der Waals surface area contributed by atoms with Crippen molar-refractivity contribution < 1.29 is 19.0 Å². The molecule has 0 aliphatic heterocycles. The summed E-state index contributed by atoms with van der Waals surface area (Å²) in [7, 11) is 3.24. The van der Waals surface area contributed by atoms with Crippen LogP contribution in [0.4, 0.5) is 0 Å². The lowest BCUT2D eigenvalue weighted by atomic mass is 9.96. The summed E-state index contributed by atoms with van der Waals surface area (Å²) in [6.07, 6.45) is 1.21. The molecule has 0 fully saturated rings. The Labute approximate surface area is 149 Å². The molecule has 2 aromatic carbocycles. The molecular formula is C21H26O4. The number of carbonyl (C=O) groups is 1. The Hall–Kier alpha value is -2.49. The van der Waals surface area contributed by atoms with Crippen LogP contribution in [-0.4, -0.2) is 20.7 Å². The average molecular weight is 342 g/mol. The second-order valence-corrected chi connectivity index (χ2v) is 6.27. The van der Waals surface area contributed by atoms with Crippen molar-refractivity contribution in [3.63, 3.8) is 0 Å². The van der Waals surface area contributed by atoms with Crippen LogP contribution in [0.1, 0.15) is 49.0 Å². The van der Waals surface area contributed by atoms with Crippen LogP contribution in [0.25, 0.3) is 0 Å². The Kier molecular flexibility index (Phi) is 6.87. The van der Waals surface area contributed by atoms with Crippen molar-refractivity contribution in [3.8, 4) is 11.5 Å². The third-order valence-corrected chi connectivity index (χ3v) is 4.31. The van der Waals surface area contributed by atoms with Crippen LogP contribution in [0.5, 0.6) is 11.5 Å². The van der Waals surface area contributed by atoms with Crippen molar-refractivity contribution >= 4 is 6.47 Å². The van der Waals surface area contributed by atoms with Crippen LogP contribution >= 0.6 is 0 Å². The molecule has 2 rings (SSSR count). The SMILES string of the molecule is COc1ccc(CC[C@@H](OC=O)c2cccc(C(C)C)c2)cc1OC. The Morgan fingerprint density at radius 1 is 0.960 bits per heavy atom. The van der Waals surface area contributed by atoms with E-state index < -0.39 is 0 Å². The maximum Gasteiger partial charge on any atom is 0.293 e. The van der Waals surface area contributed by atoms with Gasteiger partial charge < -0.3 is 14.2 Å². The third-order valence-electron chi connectivity index (χ3n) is 4.31. The van der Waals surface area contributed by atoms with Gasteiger partial charge in [-0.2, -0.15) is 0 Å². The van der Waals surface area contributed by atoms with Gasteiger partial charge in [-0.25, -0.2) is 0 Å². The number of hydrogen-bond donors (Lipinski definition) is 0. The first-order valence-electron chi connectivity index (χ1n) is 8.49. The van der Waals surface area contributed by atoms with E-state index in [2.05, 4.69) is 26.0 Å². The summed E-state index contributed by atoms with van der Waals surface area (Å²) >= 11 is 0. The first kappa shape index (κ1) is 18.8. The van der Waals surface area contributed by atoms with Gasteiger partial charge >= 0.3 is 0 Å². The van der Waals surface area contributed by atoms with Gasteiger partial charge in [0.1, 0.15) is 6.10 Å². The van der Waals surface area contributed by atoms with Crippen LogP contribution in [0, 0.1) is 0 Å². The summed E-state index contributed by atoms with van der Waals surface area (Å²) in [5.74, 6) is 1.84. The Morgan fingerprint density at radius 3 is 2.32 bits per heavy atom. The second kappa shape index (κ2) is 9.11. The van der Waals surface area contributed by atoms with E-state index in [1.165, 1.54) is 5.56 Å². The average Bonchev–Trinajstić information content (AvgIpc) is 2.64. The Morgan fingerprint density at radius 2 is 1.68 bits per heavy atom. The Bertz CT molecular complexity index is 694. The molecule has 0 heterocycles. The molecule has 4 heteroatoms. The third kappa shape index (κ3) is 4.99. The lowest BCUT2D eigenvalue weighted by Crippen LogP contribution is -2.06. The maximum atomic E-state index is 10.9. The van der Waals surface area contributed by atoms with Gasteiger partial charge in [-0.05, 0) is 47.6 Å². The van der Waals surface area contributed by atoms with Crippen LogP contribution in [0.2, 0.25) is 0 Å². The summed E-state index contributed by atoms with van der Waals surface area (Å²) in [6, 6.07) is 14.1. The normalized spacial score (nSPS) is 11.9. The fraction of sp³-hybridized carbons (Fsp3) is 0.381. The van der Waals surface area contributed by atoms with Crippen molar-refractivity contribution in [2.24, 2.45) is 0 Å². The summed E-state index contributed by atoms with van der Waals surface area (Å²) in [6.45, 7) is 4.83. The molecule has 0 saturated carbocycles. The summed E-state index contributed by atoms with van der Waals surface area (Å²) in [5.41, 5.74) is 3.37. The molecule has 0 aliphatic rings. The van der Waals surface area contributed by atoms with E-state index in [1.54, 1.807) is 14.2 Å². The van der Waals surface area contributed by atoms with Gasteiger partial charge in [-0.1, -0.05) is 44.2 Å². The number of aryl methyl sites for hydroxylation is 1. The van der Waals surface area contributed by atoms with Crippen LogP contribution in [0.15, 0.2) is 42.5 Å². The first-order valence-corrected chi connectivity index (χ1v) is 8.49. The first-order chi connectivity index (χ1) is 12.1. The molecule has 4 nitrogen and oxygen atoms in total. The van der Waals surface area contributed by atoms with Crippen molar-refractivity contribution in [2.75, 3.05) is 14.2 Å². The minimum absolute atomic E-state index is 0.260. The van der Waals surface area contributed by atoms with E-state index in [0.717, 1.165) is 17.5 Å². The fourth-order valence-electron chi connectivity index (χ4n) is 2.83. The topological polar surface area (TPSA) is 44.8 Å². The van der Waals surface area contributed by atoms with E-state index in [-0.39, 0.29) is 6.10 Å². The van der Waals surface area contributed by atoms with E-state index in [0.29, 0.717) is 30.3 Å². The highest BCUT2D eigenvalue weighted by Gasteiger charge is 2.15. The standard InChI is InChI=1S/C21H26O4/c1-15(2)17-6-5-7-18(13-17)19(25-14-22)10-8-16-9-11-20(23-3)21(12-16)24-4/h5-7,9,11-15,19H,8,10H2,1-4H3/t19-/m1/s1. The molecule has 0 aromatic heterocycles. The van der Waals surface area contributed by atoms with Crippen LogP contribution in [0.3, 0.4) is 0 Å². The molecule has 2 aromatic rings. The van der Waals surface area contributed by atoms with Crippen LogP contribution in [-0.2, 0) is 16.0 Å². The molecule has 0 N–H and O–H groups in total. The smallest absolute Gasteiger partial charge is 0.293 e. The molecule has 1 atom stereocenters. The van der Waals surface area contributed by atoms with Gasteiger partial charge in [0.05, 0.1) is 14.2 Å². The zero-order valence-electron chi connectivity index (χ0n) is 15.3. The number of rotatable bonds is 9. The zero-order valence-corrected chi connectivity index (χ0v) is 15.3. The maximum absolute atomic E-state index is 10.9. The van der Waals surface area contributed by atoms with Gasteiger partial charge in [-0.3, -0.25) is 4.79 Å². The molecule has 0 saturated heterocycles. The molecule has 25 heavy (non-hydrogen) atoms. The monoisotopic (exact) mass is 342 g/mol. The predicted octanol–water partition coefficient (Wildman–Crippen LogP) is 4.67. The lowest BCUT2D eigenvalue weighted by Gasteiger charge is -2.18. The largest absolute Gasteiger partial charge is 0.493 e. The quantitative estimate of drug-likeness (QED) is 0.621. The lowest BCUT2D eigenvalue weighted by molar-refractivity contribution is -0.134. The summed E-state index contributed by atoms with van der Waals surface area (Å²) in [4.78, 5) is 10.9. The Balaban J connectivity index is 2.14. The number of benzene rings is 2. The molecule has 0 aliphatic carbocycles. The molecule has 0 radical (unpaired) electrons. The van der Waals surface area contributed by atoms with Crippen molar-refractivity contribution in [1.29, 1.82) is 0 Å². The summed E-state index contributed by atoms with van der Waals surface area (Å²) < 4.78 is 16.0. The fourth-order valence-corrected chi connectivity index (χ4v) is 2.83. The van der Waals surface area contributed by atoms with E-state index >= 15 is 0 Å². The highest BCUT2D eigenvalue weighted by molar-refractivity contribution is 5.43. The van der Waals surface area contributed by atoms with Gasteiger partial charge in [0.2, 0.25) is 0 Å². The van der Waals surface area contributed by atoms with Crippen LogP contribution < -0.4 is 9.47 Å². The number of ether oxygens (including phenoxy) is 3. The van der Waals surface area contributed by atoms with E-state index in [9.17, 15) is 4.79 Å². The van der Waals surface area contributed by atoms with Gasteiger partial charge in [0.15, 0.2) is 11.5 Å². The van der Waals surface area contributed by atoms with E-state index in [4.69, 9.17) is 14.2 Å². The highest BCUT2D eigenvalue weighted by Crippen LogP contribution is 2.30. The number of methoxy groups -OCH3 is 2. The summed E-state index contributed by atoms with van der Waals surface area (Å²) in [5, 5.41) is 0. The zero-order chi connectivity index (χ0) is 18.2. The predicted molar refractivity (Wildman–Crippen MR) is 98.3 cm³/mol. The minimum atomic E-state index is -0.260. The molecule has 0 bridgehead atoms. The number of carbonyl (C=O) groups excluding carboxylic acids is 1. The molecule has 134 valence electrons. The molecule has 0 spiro atoms. The van der Waals surface area contributed by atoms with Crippen molar-refractivity contribution in [2.45, 2.75) is 38.7 Å². The highest BCUT2D eigenvalue weighted by atomic mass is 16.5. The van der Waals surface area contributed by atoms with Gasteiger partial charge in [0.25, 0.3) is 6.47 Å². The molecule has 0 amide bonds. The van der Waals surface area contributed by atoms with Crippen molar-refractivity contribution in [3.05, 3.63) is 59.2 Å². The van der Waals surface area contributed by atoms with Gasteiger partial charge in [-0.15, -0.1) is 0 Å². The van der Waals surface area contributed by atoms with Crippen molar-refractivity contribution in [1.82, 2.24) is 0 Å². The molecular weight excluding hydrogens is 316 g/mol. The van der Waals surface area contributed by atoms with E-state index in [1.807, 2.05) is 30.3 Å². The number of hydrogen-bond acceptors (Lipinski definition) is 4. The second-order valence-electron chi connectivity index (χ2n) is 6.27.